The maximum absolute atomic E-state index is 13.7. The van der Waals surface area contributed by atoms with Gasteiger partial charge in [-0.1, -0.05) is 42.5 Å². The Balaban J connectivity index is 1.19. The molecule has 298 valence electrons. The van der Waals surface area contributed by atoms with Gasteiger partial charge in [-0.05, 0) is 75.6 Å². The molecule has 14 nitrogen and oxygen atoms in total. The fourth-order valence-corrected chi connectivity index (χ4v) is 15.3. The second kappa shape index (κ2) is 10.9. The van der Waals surface area contributed by atoms with Crippen LogP contribution in [0.3, 0.4) is 0 Å². The standard InChI is InChI=1S/C40H44N2O12S2/c1-41-15-13-37-21-3-6-26(43)33(37)53-35-29(37)19(17-24(21)41)9-11-39(35,45)23-5-8-28(55(47,48)49)32(56(50,51)52)31(23)40(46)12-10-20-18-25-22-4-7-27(44)34-38(22,14-16-42(25)2)30(20)36(40)54-34/h3-10,21-22,24-27,33-34,43-46H,11-18H2,1-2H3,(H,47,48,49)(H,50,51,52)/t21-,22-,24+,25+,26-,27-,33-,34-,37-,38-,39?,40?/m0/s1. The Bertz CT molecular complexity index is 2470. The topological polar surface area (TPSA) is 215 Å². The Morgan fingerprint density at radius 2 is 1.18 bits per heavy atom. The van der Waals surface area contributed by atoms with E-state index >= 15 is 0 Å². The number of rotatable bonds is 4. The Labute approximate surface area is 324 Å². The Morgan fingerprint density at radius 3 is 1.66 bits per heavy atom. The zero-order valence-corrected chi connectivity index (χ0v) is 32.4. The van der Waals surface area contributed by atoms with Crippen molar-refractivity contribution in [1.29, 1.82) is 0 Å². The maximum atomic E-state index is 13.7. The third-order valence-electron chi connectivity index (χ3n) is 15.5. The van der Waals surface area contributed by atoms with Crippen LogP contribution in [0.15, 0.2) is 92.2 Å². The van der Waals surface area contributed by atoms with E-state index in [0.717, 1.165) is 23.3 Å². The van der Waals surface area contributed by atoms with E-state index in [2.05, 4.69) is 16.8 Å². The molecule has 2 saturated carbocycles. The van der Waals surface area contributed by atoms with Gasteiger partial charge in [0.05, 0.1) is 0 Å². The molecule has 16 heteroatoms. The van der Waals surface area contributed by atoms with Gasteiger partial charge in [0, 0.05) is 64.3 Å². The normalized spacial score (nSPS) is 44.5. The summed E-state index contributed by atoms with van der Waals surface area (Å²) in [4.78, 5) is 2.07. The summed E-state index contributed by atoms with van der Waals surface area (Å²) in [5.74, 6) is -0.239. The monoisotopic (exact) mass is 808 g/mol. The van der Waals surface area contributed by atoms with E-state index in [1.165, 1.54) is 0 Å². The van der Waals surface area contributed by atoms with Crippen molar-refractivity contribution in [1.82, 2.24) is 9.80 Å². The van der Waals surface area contributed by atoms with Crippen LogP contribution in [0.1, 0.15) is 49.7 Å². The first kappa shape index (κ1) is 36.0. The zero-order chi connectivity index (χ0) is 39.3. The number of aliphatic hydroxyl groups excluding tert-OH is 2. The molecule has 4 bridgehead atoms. The van der Waals surface area contributed by atoms with Crippen LogP contribution in [0, 0.1) is 22.7 Å². The van der Waals surface area contributed by atoms with Crippen molar-refractivity contribution < 1.29 is 55.8 Å². The molecule has 6 N–H and O–H groups in total. The second-order valence-corrected chi connectivity index (χ2v) is 20.5. The number of aliphatic hydroxyl groups is 4. The Kier molecular flexibility index (Phi) is 7.00. The molecule has 4 fully saturated rings. The van der Waals surface area contributed by atoms with Gasteiger partial charge in [-0.2, -0.15) is 16.8 Å². The number of piperidine rings is 2. The Morgan fingerprint density at radius 1 is 0.696 bits per heavy atom. The second-order valence-electron chi connectivity index (χ2n) is 17.7. The third-order valence-corrected chi connectivity index (χ3v) is 17.5. The van der Waals surface area contributed by atoms with Crippen molar-refractivity contribution in [2.24, 2.45) is 22.7 Å². The highest BCUT2D eigenvalue weighted by atomic mass is 32.2. The number of benzene rings is 1. The molecule has 0 amide bonds. The van der Waals surface area contributed by atoms with Crippen molar-refractivity contribution in [3.63, 3.8) is 0 Å². The number of hydrogen-bond donors (Lipinski definition) is 6. The van der Waals surface area contributed by atoms with E-state index in [0.29, 0.717) is 49.9 Å². The molecule has 6 aliphatic carbocycles. The molecule has 0 aromatic heterocycles. The van der Waals surface area contributed by atoms with Crippen LogP contribution in [0.2, 0.25) is 0 Å². The quantitative estimate of drug-likeness (QED) is 0.189. The van der Waals surface area contributed by atoms with Gasteiger partial charge in [-0.25, -0.2) is 0 Å². The molecule has 2 unspecified atom stereocenters. The molecule has 0 radical (unpaired) electrons. The number of ether oxygens (including phenoxy) is 2. The largest absolute Gasteiger partial charge is 0.487 e. The minimum Gasteiger partial charge on any atom is -0.487 e. The minimum atomic E-state index is -5.61. The van der Waals surface area contributed by atoms with Gasteiger partial charge in [0.1, 0.15) is 45.7 Å². The van der Waals surface area contributed by atoms with Crippen LogP contribution in [-0.4, -0.2) is 120 Å². The van der Waals surface area contributed by atoms with Gasteiger partial charge >= 0.3 is 0 Å². The first-order valence-corrected chi connectivity index (χ1v) is 22.2. The summed E-state index contributed by atoms with van der Waals surface area (Å²) in [7, 11) is -6.89. The van der Waals surface area contributed by atoms with Crippen molar-refractivity contribution in [2.75, 3.05) is 27.2 Å². The summed E-state index contributed by atoms with van der Waals surface area (Å²) in [6.07, 6.45) is 8.97. The first-order chi connectivity index (χ1) is 26.4. The maximum Gasteiger partial charge on any atom is 0.296 e. The molecule has 12 atom stereocenters. The number of likely N-dealkylation sites (tertiary alicyclic amines) is 2. The summed E-state index contributed by atoms with van der Waals surface area (Å²) in [6, 6.07) is 2.10. The minimum absolute atomic E-state index is 0.0501. The predicted molar refractivity (Wildman–Crippen MR) is 197 cm³/mol. The molecule has 4 heterocycles. The highest BCUT2D eigenvalue weighted by Gasteiger charge is 2.70. The van der Waals surface area contributed by atoms with E-state index in [4.69, 9.17) is 9.47 Å². The molecular weight excluding hydrogens is 765 g/mol. The highest BCUT2D eigenvalue weighted by Crippen LogP contribution is 2.70. The summed E-state index contributed by atoms with van der Waals surface area (Å²) in [5, 5.41) is 49.7. The fraction of sp³-hybridized carbons (Fsp3) is 0.550. The van der Waals surface area contributed by atoms with Crippen LogP contribution < -0.4 is 0 Å². The fourth-order valence-electron chi connectivity index (χ4n) is 13.2. The Hall–Kier alpha value is -3.16. The lowest BCUT2D eigenvalue weighted by molar-refractivity contribution is -0.106. The van der Waals surface area contributed by atoms with Gasteiger partial charge in [0.25, 0.3) is 20.2 Å². The smallest absolute Gasteiger partial charge is 0.296 e. The molecule has 4 aliphatic heterocycles. The van der Waals surface area contributed by atoms with Gasteiger partial charge < -0.3 is 39.7 Å². The molecule has 2 saturated heterocycles. The summed E-state index contributed by atoms with van der Waals surface area (Å²) in [6.45, 7) is 1.34. The van der Waals surface area contributed by atoms with Crippen molar-refractivity contribution >= 4 is 20.2 Å². The van der Waals surface area contributed by atoms with Gasteiger partial charge in [0.15, 0.2) is 11.2 Å². The molecule has 1 aromatic rings. The van der Waals surface area contributed by atoms with E-state index < -0.39 is 82.0 Å². The van der Waals surface area contributed by atoms with Gasteiger partial charge in [-0.15, -0.1) is 0 Å². The van der Waals surface area contributed by atoms with Crippen LogP contribution >= 0.6 is 0 Å². The van der Waals surface area contributed by atoms with Crippen LogP contribution in [0.4, 0.5) is 0 Å². The molecule has 2 spiro atoms. The van der Waals surface area contributed by atoms with Crippen LogP contribution in [0.5, 0.6) is 0 Å². The van der Waals surface area contributed by atoms with E-state index in [9.17, 15) is 46.4 Å². The lowest BCUT2D eigenvalue weighted by Gasteiger charge is -2.58. The summed E-state index contributed by atoms with van der Waals surface area (Å²) in [5.41, 5.74) is -4.23. The third kappa shape index (κ3) is 4.08. The average Bonchev–Trinajstić information content (AvgIpc) is 3.69. The molecule has 11 rings (SSSR count). The van der Waals surface area contributed by atoms with E-state index in [-0.39, 0.29) is 53.8 Å². The van der Waals surface area contributed by atoms with Crippen molar-refractivity contribution in [2.45, 2.75) is 96.0 Å². The average molecular weight is 809 g/mol. The molecule has 56 heavy (non-hydrogen) atoms. The highest BCUT2D eigenvalue weighted by molar-refractivity contribution is 7.89. The SMILES string of the molecule is CN1CC[C@]23C4=C5O[C@H]2[C@@H](O)C=C[C@H]3[C@H]1CC4=CCC5(O)c1ccc(S(=O)(=O)O)c(S(=O)(=O)O)c1C1(O)CC=C2C[C@@H]3[C@@H]4C=C[C@H](O)[C@@H]5OC1=C2[C@]45CCN3C. The van der Waals surface area contributed by atoms with E-state index in [1.54, 1.807) is 18.2 Å². The van der Waals surface area contributed by atoms with Gasteiger partial charge in [0.2, 0.25) is 0 Å². The molecular formula is C40H44N2O12S2. The molecule has 1 aromatic carbocycles. The zero-order valence-electron chi connectivity index (χ0n) is 30.7. The first-order valence-electron chi connectivity index (χ1n) is 19.3. The van der Waals surface area contributed by atoms with Gasteiger partial charge in [-0.3, -0.25) is 9.11 Å². The summed E-state index contributed by atoms with van der Waals surface area (Å²) < 4.78 is 88.4. The van der Waals surface area contributed by atoms with Crippen LogP contribution in [0.25, 0.3) is 0 Å². The lowest BCUT2D eigenvalue weighted by Crippen LogP contribution is -2.62. The number of nitrogens with zero attached hydrogens (tertiary/aromatic N) is 2. The van der Waals surface area contributed by atoms with Crippen molar-refractivity contribution in [3.8, 4) is 0 Å². The number of hydrogen-bond acceptors (Lipinski definition) is 12. The van der Waals surface area contributed by atoms with Crippen LogP contribution in [-0.2, 0) is 40.9 Å². The summed E-state index contributed by atoms with van der Waals surface area (Å²) >= 11 is 0. The van der Waals surface area contributed by atoms with E-state index in [1.807, 2.05) is 25.3 Å². The van der Waals surface area contributed by atoms with Crippen molar-refractivity contribution in [3.05, 3.63) is 93.5 Å². The lowest BCUT2D eigenvalue weighted by atomic mass is 9.50. The molecule has 10 aliphatic rings. The predicted octanol–water partition coefficient (Wildman–Crippen LogP) is 1.80.